The second-order valence-corrected chi connectivity index (χ2v) is 5.57. The molecule has 1 aromatic heterocycles. The number of nitrogens with one attached hydrogen (secondary N) is 1. The summed E-state index contributed by atoms with van der Waals surface area (Å²) < 4.78 is 5.39. The fraction of sp³-hybridized carbons (Fsp3) is 0.400. The molecule has 1 heterocycles. The molecule has 2 aromatic rings. The molecule has 108 valence electrons. The van der Waals surface area contributed by atoms with Gasteiger partial charge in [0, 0.05) is 30.6 Å². The molecule has 0 aliphatic heterocycles. The van der Waals surface area contributed by atoms with Crippen LogP contribution >= 0.6 is 11.3 Å². The molecule has 1 atom stereocenters. The predicted octanol–water partition coefficient (Wildman–Crippen LogP) is 3.07. The minimum atomic E-state index is 0.277. The lowest BCUT2D eigenvalue weighted by Crippen LogP contribution is -2.17. The fourth-order valence-electron chi connectivity index (χ4n) is 1.96. The van der Waals surface area contributed by atoms with E-state index in [2.05, 4.69) is 40.6 Å². The van der Waals surface area contributed by atoms with Gasteiger partial charge < -0.3 is 15.0 Å². The van der Waals surface area contributed by atoms with Crippen LogP contribution in [0.15, 0.2) is 29.6 Å². The minimum absolute atomic E-state index is 0.277. The van der Waals surface area contributed by atoms with E-state index in [1.165, 1.54) is 0 Å². The number of nitrogens with zero attached hydrogens (tertiary/aromatic N) is 2. The highest BCUT2D eigenvalue weighted by atomic mass is 32.1. The van der Waals surface area contributed by atoms with Gasteiger partial charge in [0.05, 0.1) is 12.8 Å². The summed E-state index contributed by atoms with van der Waals surface area (Å²) in [5, 5.41) is 6.33. The number of rotatable bonds is 6. The van der Waals surface area contributed by atoms with Crippen LogP contribution in [0, 0.1) is 0 Å². The molecule has 0 saturated heterocycles. The van der Waals surface area contributed by atoms with Crippen molar-refractivity contribution in [3.05, 3.63) is 40.9 Å². The number of anilines is 1. The summed E-state index contributed by atoms with van der Waals surface area (Å²) in [4.78, 5) is 6.82. The van der Waals surface area contributed by atoms with E-state index in [0.717, 1.165) is 28.7 Å². The summed E-state index contributed by atoms with van der Waals surface area (Å²) in [6.45, 7) is 2.89. The van der Waals surface area contributed by atoms with Crippen molar-refractivity contribution < 1.29 is 4.74 Å². The van der Waals surface area contributed by atoms with Gasteiger partial charge in [0.1, 0.15) is 5.75 Å². The fourth-order valence-corrected chi connectivity index (χ4v) is 2.84. The van der Waals surface area contributed by atoms with E-state index in [1.807, 2.05) is 25.2 Å². The van der Waals surface area contributed by atoms with Gasteiger partial charge in [-0.3, -0.25) is 0 Å². The summed E-state index contributed by atoms with van der Waals surface area (Å²) in [6.07, 6.45) is 0. The third kappa shape index (κ3) is 3.29. The molecule has 0 saturated carbocycles. The average Bonchev–Trinajstić information content (AvgIpc) is 2.97. The number of methoxy groups -OCH3 is 1. The van der Waals surface area contributed by atoms with E-state index in [9.17, 15) is 0 Å². The maximum atomic E-state index is 5.39. The van der Waals surface area contributed by atoms with E-state index < -0.39 is 0 Å². The molecule has 0 aliphatic carbocycles. The van der Waals surface area contributed by atoms with Gasteiger partial charge in [-0.25, -0.2) is 4.98 Å². The molecular weight excluding hydrogens is 270 g/mol. The third-order valence-corrected chi connectivity index (χ3v) is 4.29. The van der Waals surface area contributed by atoms with Gasteiger partial charge in [0.2, 0.25) is 0 Å². The van der Waals surface area contributed by atoms with Gasteiger partial charge in [-0.1, -0.05) is 18.2 Å². The number of aromatic nitrogens is 1. The van der Waals surface area contributed by atoms with Crippen LogP contribution in [0.2, 0.25) is 0 Å². The highest BCUT2D eigenvalue weighted by Crippen LogP contribution is 2.26. The van der Waals surface area contributed by atoms with E-state index in [-0.39, 0.29) is 6.04 Å². The number of hydrogen-bond acceptors (Lipinski definition) is 5. The van der Waals surface area contributed by atoms with Crippen LogP contribution in [0.5, 0.6) is 5.75 Å². The molecular formula is C15H21N3OS. The van der Waals surface area contributed by atoms with Crippen molar-refractivity contribution in [1.82, 2.24) is 10.3 Å². The summed E-state index contributed by atoms with van der Waals surface area (Å²) in [5.41, 5.74) is 2.25. The topological polar surface area (TPSA) is 37.4 Å². The first-order chi connectivity index (χ1) is 9.65. The summed E-state index contributed by atoms with van der Waals surface area (Å²) in [7, 11) is 5.70. The number of ether oxygens (including phenoxy) is 1. The predicted molar refractivity (Wildman–Crippen MR) is 84.7 cm³/mol. The van der Waals surface area contributed by atoms with E-state index >= 15 is 0 Å². The number of benzene rings is 1. The van der Waals surface area contributed by atoms with Crippen molar-refractivity contribution in [3.63, 3.8) is 0 Å². The normalized spacial score (nSPS) is 12.2. The van der Waals surface area contributed by atoms with E-state index in [0.29, 0.717) is 0 Å². The van der Waals surface area contributed by atoms with Gasteiger partial charge in [0.25, 0.3) is 0 Å². The number of hydrogen-bond donors (Lipinski definition) is 1. The summed E-state index contributed by atoms with van der Waals surface area (Å²) >= 11 is 1.67. The Balaban J connectivity index is 2.11. The maximum absolute atomic E-state index is 5.39. The van der Waals surface area contributed by atoms with Crippen molar-refractivity contribution in [3.8, 4) is 5.75 Å². The SMILES string of the molecule is CNC(C)c1csc(N(C)Cc2ccccc2OC)n1. The number of thiazole rings is 1. The molecule has 0 amide bonds. The minimum Gasteiger partial charge on any atom is -0.496 e. The quantitative estimate of drug-likeness (QED) is 0.887. The molecule has 20 heavy (non-hydrogen) atoms. The Labute approximate surface area is 124 Å². The second kappa shape index (κ2) is 6.72. The van der Waals surface area contributed by atoms with Crippen molar-refractivity contribution in [2.45, 2.75) is 19.5 Å². The highest BCUT2D eigenvalue weighted by molar-refractivity contribution is 7.13. The summed E-state index contributed by atoms with van der Waals surface area (Å²) in [5.74, 6) is 0.916. The lowest BCUT2D eigenvalue weighted by Gasteiger charge is -2.17. The lowest BCUT2D eigenvalue weighted by molar-refractivity contribution is 0.409. The van der Waals surface area contributed by atoms with Crippen LogP contribution in [-0.4, -0.2) is 26.2 Å². The molecule has 1 N–H and O–H groups in total. The monoisotopic (exact) mass is 291 g/mol. The Hall–Kier alpha value is -1.59. The zero-order valence-electron chi connectivity index (χ0n) is 12.4. The van der Waals surface area contributed by atoms with Crippen LogP contribution in [0.25, 0.3) is 0 Å². The first-order valence-corrected chi connectivity index (χ1v) is 7.49. The van der Waals surface area contributed by atoms with Gasteiger partial charge in [-0.2, -0.15) is 0 Å². The first kappa shape index (κ1) is 14.8. The van der Waals surface area contributed by atoms with Gasteiger partial charge in [-0.15, -0.1) is 11.3 Å². The van der Waals surface area contributed by atoms with Gasteiger partial charge >= 0.3 is 0 Å². The smallest absolute Gasteiger partial charge is 0.185 e. The molecule has 0 aliphatic rings. The number of para-hydroxylation sites is 1. The molecule has 5 heteroatoms. The van der Waals surface area contributed by atoms with Crippen molar-refractivity contribution in [2.75, 3.05) is 26.1 Å². The third-order valence-electron chi connectivity index (χ3n) is 3.31. The van der Waals surface area contributed by atoms with Gasteiger partial charge in [-0.05, 0) is 20.0 Å². The molecule has 0 spiro atoms. The Morgan fingerprint density at radius 2 is 2.15 bits per heavy atom. The van der Waals surface area contributed by atoms with E-state index in [4.69, 9.17) is 4.74 Å². The van der Waals surface area contributed by atoms with Crippen molar-refractivity contribution >= 4 is 16.5 Å². The van der Waals surface area contributed by atoms with Crippen molar-refractivity contribution in [1.29, 1.82) is 0 Å². The summed E-state index contributed by atoms with van der Waals surface area (Å²) in [6, 6.07) is 8.36. The molecule has 0 fully saturated rings. The van der Waals surface area contributed by atoms with Gasteiger partial charge in [0.15, 0.2) is 5.13 Å². The molecule has 1 unspecified atom stereocenters. The Kier molecular flexibility index (Phi) is 4.98. The van der Waals surface area contributed by atoms with Crippen LogP contribution in [-0.2, 0) is 6.54 Å². The molecule has 0 bridgehead atoms. The Morgan fingerprint density at radius 1 is 1.40 bits per heavy atom. The van der Waals surface area contributed by atoms with Crippen LogP contribution in [0.3, 0.4) is 0 Å². The molecule has 0 radical (unpaired) electrons. The van der Waals surface area contributed by atoms with Crippen LogP contribution < -0.4 is 15.0 Å². The zero-order chi connectivity index (χ0) is 14.5. The second-order valence-electron chi connectivity index (χ2n) is 4.73. The standard InChI is InChI=1S/C15H21N3OS/c1-11(16-2)13-10-20-15(17-13)18(3)9-12-7-5-6-8-14(12)19-4/h5-8,10-11,16H,9H2,1-4H3. The largest absolute Gasteiger partial charge is 0.496 e. The van der Waals surface area contributed by atoms with E-state index in [1.54, 1.807) is 18.4 Å². The zero-order valence-corrected chi connectivity index (χ0v) is 13.2. The molecule has 2 rings (SSSR count). The van der Waals surface area contributed by atoms with Crippen LogP contribution in [0.4, 0.5) is 5.13 Å². The Morgan fingerprint density at radius 3 is 2.85 bits per heavy atom. The Bertz CT molecular complexity index is 556. The molecule has 1 aromatic carbocycles. The average molecular weight is 291 g/mol. The first-order valence-electron chi connectivity index (χ1n) is 6.61. The lowest BCUT2D eigenvalue weighted by atomic mass is 10.2. The maximum Gasteiger partial charge on any atom is 0.185 e. The molecule has 4 nitrogen and oxygen atoms in total. The van der Waals surface area contributed by atoms with Crippen molar-refractivity contribution in [2.24, 2.45) is 0 Å². The highest BCUT2D eigenvalue weighted by Gasteiger charge is 2.12. The van der Waals surface area contributed by atoms with Crippen LogP contribution in [0.1, 0.15) is 24.2 Å².